The van der Waals surface area contributed by atoms with Crippen molar-refractivity contribution < 1.29 is 52.1 Å². The quantitative estimate of drug-likeness (QED) is 0.226. The van der Waals surface area contributed by atoms with Gasteiger partial charge in [-0.1, -0.05) is 0 Å². The average Bonchev–Trinajstić information content (AvgIpc) is 2.29. The van der Waals surface area contributed by atoms with Crippen molar-refractivity contribution in [1.82, 2.24) is 9.57 Å². The third kappa shape index (κ3) is 12.0. The maximum absolute atomic E-state index is 11.7. The lowest BCUT2D eigenvalue weighted by Crippen LogP contribution is -2.35. The molecule has 0 bridgehead atoms. The van der Waals surface area contributed by atoms with Gasteiger partial charge in [0.05, 0.1) is 0 Å². The van der Waals surface area contributed by atoms with E-state index in [4.69, 9.17) is 19.6 Å². The summed E-state index contributed by atoms with van der Waals surface area (Å²) in [6.07, 6.45) is -2.77. The summed E-state index contributed by atoms with van der Waals surface area (Å²) in [6.45, 7) is -0.0708. The summed E-state index contributed by atoms with van der Waals surface area (Å²) in [5.74, 6) is 0. The van der Waals surface area contributed by atoms with Crippen LogP contribution in [-0.4, -0.2) is 84.7 Å². The molecule has 0 amide bonds. The molecule has 0 aliphatic rings. The molecular formula is C7H22N2O11P4. The maximum atomic E-state index is 11.7. The summed E-state index contributed by atoms with van der Waals surface area (Å²) < 4.78 is 50.2. The molecule has 0 aromatic carbocycles. The minimum atomic E-state index is -4.67. The molecule has 24 heavy (non-hydrogen) atoms. The highest BCUT2D eigenvalue weighted by atomic mass is 31.2. The smallest absolute Gasteiger partial charge is 0.333 e. The Bertz CT molecular complexity index is 593. The molecule has 0 heterocycles. The lowest BCUT2D eigenvalue weighted by atomic mass is 10.6. The summed E-state index contributed by atoms with van der Waals surface area (Å²) in [5, 5.41) is 0. The van der Waals surface area contributed by atoms with Gasteiger partial charge < -0.3 is 33.9 Å². The van der Waals surface area contributed by atoms with Gasteiger partial charge in [-0.15, -0.1) is 0 Å². The van der Waals surface area contributed by atoms with Crippen molar-refractivity contribution in [2.75, 3.05) is 45.7 Å². The van der Waals surface area contributed by atoms with Crippen LogP contribution in [0.25, 0.3) is 0 Å². The van der Waals surface area contributed by atoms with Gasteiger partial charge in [0, 0.05) is 26.9 Å². The van der Waals surface area contributed by atoms with E-state index in [-0.39, 0.29) is 0 Å². The topological polar surface area (TPSA) is 205 Å². The molecule has 0 rings (SSSR count). The van der Waals surface area contributed by atoms with Crippen LogP contribution in [0.2, 0.25) is 0 Å². The second-order valence-corrected chi connectivity index (χ2v) is 12.4. The third-order valence-corrected chi connectivity index (χ3v) is 7.02. The second-order valence-electron chi connectivity index (χ2n) is 5.03. The van der Waals surface area contributed by atoms with Crippen LogP contribution in [0.5, 0.6) is 0 Å². The first kappa shape index (κ1) is 24.6. The fourth-order valence-corrected chi connectivity index (χ4v) is 5.84. The molecule has 17 heteroatoms. The largest absolute Gasteiger partial charge is 0.341 e. The van der Waals surface area contributed by atoms with Crippen LogP contribution in [0.4, 0.5) is 0 Å². The van der Waals surface area contributed by atoms with Crippen molar-refractivity contribution in [2.45, 2.75) is 0 Å². The van der Waals surface area contributed by atoms with Gasteiger partial charge in [-0.2, -0.15) is 0 Å². The molecule has 6 N–H and O–H groups in total. The van der Waals surface area contributed by atoms with Gasteiger partial charge in [0.25, 0.3) is 7.52 Å². The van der Waals surface area contributed by atoms with Gasteiger partial charge >= 0.3 is 22.8 Å². The Labute approximate surface area is 138 Å². The SMILES string of the molecule is COP(=O)(O)CN(CCN(CP(=O)(O)O)P(C)(=O)O)CP(=O)(O)O. The number of rotatable bonds is 11. The van der Waals surface area contributed by atoms with E-state index in [2.05, 4.69) is 4.52 Å². The molecule has 0 aliphatic heterocycles. The second kappa shape index (κ2) is 8.97. The van der Waals surface area contributed by atoms with E-state index >= 15 is 0 Å². The van der Waals surface area contributed by atoms with E-state index in [9.17, 15) is 28.0 Å². The predicted molar refractivity (Wildman–Crippen MR) is 84.7 cm³/mol. The van der Waals surface area contributed by atoms with Crippen LogP contribution in [0.1, 0.15) is 0 Å². The number of hydrogen-bond donors (Lipinski definition) is 6. The van der Waals surface area contributed by atoms with Crippen molar-refractivity contribution in [3.05, 3.63) is 0 Å². The van der Waals surface area contributed by atoms with Crippen LogP contribution in [0.15, 0.2) is 0 Å². The zero-order valence-electron chi connectivity index (χ0n) is 12.9. The molecule has 0 saturated heterocycles. The van der Waals surface area contributed by atoms with E-state index in [1.54, 1.807) is 0 Å². The zero-order chi connectivity index (χ0) is 19.4. The summed E-state index contributed by atoms with van der Waals surface area (Å²) >= 11 is 0. The van der Waals surface area contributed by atoms with E-state index in [1.165, 1.54) is 0 Å². The van der Waals surface area contributed by atoms with E-state index in [0.717, 1.165) is 18.7 Å². The normalized spacial score (nSPS) is 18.6. The van der Waals surface area contributed by atoms with E-state index in [0.29, 0.717) is 4.67 Å². The highest BCUT2D eigenvalue weighted by molar-refractivity contribution is 7.57. The van der Waals surface area contributed by atoms with E-state index in [1.807, 2.05) is 0 Å². The molecule has 0 aliphatic carbocycles. The van der Waals surface area contributed by atoms with Crippen LogP contribution in [-0.2, 0) is 22.8 Å². The fraction of sp³-hybridized carbons (Fsp3) is 1.00. The van der Waals surface area contributed by atoms with Crippen molar-refractivity contribution >= 4 is 30.3 Å². The third-order valence-electron chi connectivity index (χ3n) is 2.59. The summed E-state index contributed by atoms with van der Waals surface area (Å²) in [6, 6.07) is 0. The van der Waals surface area contributed by atoms with Gasteiger partial charge in [-0.25, -0.2) is 4.67 Å². The lowest BCUT2D eigenvalue weighted by Gasteiger charge is -2.29. The Balaban J connectivity index is 5.18. The fourth-order valence-electron chi connectivity index (χ4n) is 1.60. The van der Waals surface area contributed by atoms with E-state index < -0.39 is 62.3 Å². The average molecular weight is 434 g/mol. The van der Waals surface area contributed by atoms with Crippen LogP contribution >= 0.6 is 30.3 Å². The van der Waals surface area contributed by atoms with Crippen LogP contribution in [0, 0.1) is 0 Å². The highest BCUT2D eigenvalue weighted by Gasteiger charge is 2.32. The molecule has 0 radical (unpaired) electrons. The standard InChI is InChI=1S/C7H22N2O11P4/c1-20-24(18,19)6-8(5-22(12,13)14)3-4-9(21(2,10)11)7-23(15,16)17/h3-7H2,1-2H3,(H,10,11)(H,18,19)(H2,12,13,14)(H2,15,16,17). The number of nitrogens with zero attached hydrogens (tertiary/aromatic N) is 2. The molecule has 2 atom stereocenters. The van der Waals surface area contributed by atoms with Crippen LogP contribution < -0.4 is 0 Å². The Morgan fingerprint density at radius 1 is 0.792 bits per heavy atom. The molecule has 0 aromatic rings. The number of hydrogen-bond acceptors (Lipinski definition) is 6. The molecule has 0 saturated carbocycles. The monoisotopic (exact) mass is 434 g/mol. The first-order valence-electron chi connectivity index (χ1n) is 6.20. The summed E-state index contributed by atoms with van der Waals surface area (Å²) in [5.41, 5.74) is 0. The Hall–Kier alpha value is 0.560. The van der Waals surface area contributed by atoms with Gasteiger partial charge in [-0.3, -0.25) is 23.2 Å². The first-order valence-corrected chi connectivity index (χ1v) is 13.6. The molecule has 2 unspecified atom stereocenters. The highest BCUT2D eigenvalue weighted by Crippen LogP contribution is 2.48. The molecule has 146 valence electrons. The van der Waals surface area contributed by atoms with Gasteiger partial charge in [-0.05, 0) is 0 Å². The first-order chi connectivity index (χ1) is 10.5. The maximum Gasteiger partial charge on any atom is 0.341 e. The summed E-state index contributed by atoms with van der Waals surface area (Å²) in [7, 11) is -16.6. The molecule has 0 spiro atoms. The minimum Gasteiger partial charge on any atom is -0.333 e. The van der Waals surface area contributed by atoms with Crippen molar-refractivity contribution in [3.8, 4) is 0 Å². The molecular weight excluding hydrogens is 412 g/mol. The molecule has 0 fully saturated rings. The molecule has 13 nitrogen and oxygen atoms in total. The predicted octanol–water partition coefficient (Wildman–Crippen LogP) is -0.535. The van der Waals surface area contributed by atoms with Crippen molar-refractivity contribution in [2.24, 2.45) is 0 Å². The lowest BCUT2D eigenvalue weighted by molar-refractivity contribution is 0.243. The van der Waals surface area contributed by atoms with Gasteiger partial charge in [0.1, 0.15) is 18.9 Å². The van der Waals surface area contributed by atoms with Gasteiger partial charge in [0.15, 0.2) is 0 Å². The van der Waals surface area contributed by atoms with Crippen molar-refractivity contribution in [3.63, 3.8) is 0 Å². The van der Waals surface area contributed by atoms with Crippen molar-refractivity contribution in [1.29, 1.82) is 0 Å². The van der Waals surface area contributed by atoms with Crippen LogP contribution in [0.3, 0.4) is 0 Å². The zero-order valence-corrected chi connectivity index (χ0v) is 16.5. The summed E-state index contributed by atoms with van der Waals surface area (Å²) in [4.78, 5) is 55.5. The minimum absolute atomic E-state index is 0.419. The Morgan fingerprint density at radius 2 is 1.25 bits per heavy atom. The Kier molecular flexibility index (Phi) is 9.18. The van der Waals surface area contributed by atoms with Gasteiger partial charge in [0.2, 0.25) is 0 Å². The Morgan fingerprint density at radius 3 is 1.58 bits per heavy atom. The molecule has 0 aromatic heterocycles.